The first kappa shape index (κ1) is 14.7. The highest BCUT2D eigenvalue weighted by atomic mass is 32.1. The van der Waals surface area contributed by atoms with E-state index >= 15 is 0 Å². The Balaban J connectivity index is 1.57. The second kappa shape index (κ2) is 6.70. The summed E-state index contributed by atoms with van der Waals surface area (Å²) in [5, 5.41) is 3.08. The Labute approximate surface area is 134 Å². The molecule has 2 aromatic heterocycles. The van der Waals surface area contributed by atoms with E-state index in [1.165, 1.54) is 0 Å². The van der Waals surface area contributed by atoms with E-state index in [9.17, 15) is 4.79 Å². The highest BCUT2D eigenvalue weighted by molar-refractivity contribution is 7.71. The molecule has 3 rings (SSSR count). The number of H-pyrrole nitrogens is 1. The minimum atomic E-state index is -0.0989. The molecule has 0 aliphatic carbocycles. The van der Waals surface area contributed by atoms with E-state index in [0.29, 0.717) is 10.2 Å². The SMILES string of the molecule is O=C(NC1CCN(c2ccccn2)CC1)c1ccc[nH]c1=S. The molecular weight excluding hydrogens is 296 g/mol. The van der Waals surface area contributed by atoms with Crippen LogP contribution in [0.15, 0.2) is 42.7 Å². The summed E-state index contributed by atoms with van der Waals surface area (Å²) in [6.07, 6.45) is 5.35. The van der Waals surface area contributed by atoms with Crippen molar-refractivity contribution in [2.75, 3.05) is 18.0 Å². The second-order valence-corrected chi connectivity index (χ2v) is 5.74. The lowest BCUT2D eigenvalue weighted by molar-refractivity contribution is 0.0930. The monoisotopic (exact) mass is 314 g/mol. The van der Waals surface area contributed by atoms with E-state index in [-0.39, 0.29) is 11.9 Å². The number of nitrogens with one attached hydrogen (secondary N) is 2. The van der Waals surface area contributed by atoms with Crippen molar-refractivity contribution in [3.05, 3.63) is 52.9 Å². The molecule has 22 heavy (non-hydrogen) atoms. The molecule has 0 spiro atoms. The minimum absolute atomic E-state index is 0.0989. The van der Waals surface area contributed by atoms with E-state index in [0.717, 1.165) is 31.7 Å². The Morgan fingerprint density at radius 2 is 2.09 bits per heavy atom. The summed E-state index contributed by atoms with van der Waals surface area (Å²) in [6.45, 7) is 1.78. The molecule has 1 aliphatic heterocycles. The molecule has 6 heteroatoms. The first-order chi connectivity index (χ1) is 10.7. The molecule has 0 saturated carbocycles. The van der Waals surface area contributed by atoms with E-state index in [1.54, 1.807) is 24.5 Å². The Hall–Kier alpha value is -2.21. The Kier molecular flexibility index (Phi) is 4.48. The van der Waals surface area contributed by atoms with Crippen LogP contribution in [0.1, 0.15) is 23.2 Å². The Morgan fingerprint density at radius 3 is 2.77 bits per heavy atom. The van der Waals surface area contributed by atoms with Crippen molar-refractivity contribution in [3.8, 4) is 0 Å². The van der Waals surface area contributed by atoms with Crippen LogP contribution in [-0.4, -0.2) is 35.0 Å². The zero-order valence-corrected chi connectivity index (χ0v) is 13.0. The fraction of sp³-hybridized carbons (Fsp3) is 0.312. The quantitative estimate of drug-likeness (QED) is 0.855. The molecule has 5 nitrogen and oxygen atoms in total. The second-order valence-electron chi connectivity index (χ2n) is 5.34. The Morgan fingerprint density at radius 1 is 1.27 bits per heavy atom. The number of aromatic nitrogens is 2. The van der Waals surface area contributed by atoms with Crippen LogP contribution in [0.5, 0.6) is 0 Å². The number of carbonyl (C=O) groups excluding carboxylic acids is 1. The van der Waals surface area contributed by atoms with Crippen molar-refractivity contribution in [1.82, 2.24) is 15.3 Å². The van der Waals surface area contributed by atoms with Gasteiger partial charge in [-0.25, -0.2) is 4.98 Å². The third-order valence-corrected chi connectivity index (χ3v) is 4.20. The number of pyridine rings is 2. The third-order valence-electron chi connectivity index (χ3n) is 3.87. The van der Waals surface area contributed by atoms with Gasteiger partial charge in [-0.2, -0.15) is 0 Å². The zero-order chi connectivity index (χ0) is 15.4. The van der Waals surface area contributed by atoms with Gasteiger partial charge in [0.2, 0.25) is 0 Å². The molecular formula is C16H18N4OS. The molecule has 1 saturated heterocycles. The van der Waals surface area contributed by atoms with Crippen LogP contribution in [0.3, 0.4) is 0 Å². The summed E-state index contributed by atoms with van der Waals surface area (Å²) in [7, 11) is 0. The van der Waals surface area contributed by atoms with Crippen molar-refractivity contribution < 1.29 is 4.79 Å². The van der Waals surface area contributed by atoms with Crippen LogP contribution in [0.4, 0.5) is 5.82 Å². The number of nitrogens with zero attached hydrogens (tertiary/aromatic N) is 2. The van der Waals surface area contributed by atoms with Crippen LogP contribution in [-0.2, 0) is 0 Å². The van der Waals surface area contributed by atoms with Crippen LogP contribution in [0.2, 0.25) is 0 Å². The van der Waals surface area contributed by atoms with Gasteiger partial charge in [-0.3, -0.25) is 4.79 Å². The maximum atomic E-state index is 12.3. The standard InChI is InChI=1S/C16H18N4OS/c21-15(13-4-3-9-18-16(13)22)19-12-6-10-20(11-7-12)14-5-1-2-8-17-14/h1-5,8-9,12H,6-7,10-11H2,(H,18,22)(H,19,21). The average Bonchev–Trinajstić information content (AvgIpc) is 2.57. The molecule has 1 aliphatic rings. The number of piperidine rings is 1. The fourth-order valence-electron chi connectivity index (χ4n) is 2.66. The number of amides is 1. The summed E-state index contributed by atoms with van der Waals surface area (Å²) in [4.78, 5) is 21.8. The number of hydrogen-bond acceptors (Lipinski definition) is 4. The molecule has 2 N–H and O–H groups in total. The van der Waals surface area contributed by atoms with Gasteiger partial charge in [0.05, 0.1) is 5.56 Å². The summed E-state index contributed by atoms with van der Waals surface area (Å²) in [5.41, 5.74) is 0.532. The maximum Gasteiger partial charge on any atom is 0.254 e. The molecule has 2 aromatic rings. The normalized spacial score (nSPS) is 15.5. The maximum absolute atomic E-state index is 12.3. The molecule has 0 bridgehead atoms. The van der Waals surface area contributed by atoms with Gasteiger partial charge in [-0.05, 0) is 37.1 Å². The first-order valence-corrected chi connectivity index (χ1v) is 7.79. The molecule has 0 atom stereocenters. The van der Waals surface area contributed by atoms with Gasteiger partial charge in [0.25, 0.3) is 5.91 Å². The highest BCUT2D eigenvalue weighted by Crippen LogP contribution is 2.17. The first-order valence-electron chi connectivity index (χ1n) is 7.38. The topological polar surface area (TPSA) is 61.0 Å². The molecule has 114 valence electrons. The van der Waals surface area contributed by atoms with Crippen LogP contribution < -0.4 is 10.2 Å². The van der Waals surface area contributed by atoms with Gasteiger partial charge in [0.1, 0.15) is 10.5 Å². The van der Waals surface area contributed by atoms with Gasteiger partial charge >= 0.3 is 0 Å². The zero-order valence-electron chi connectivity index (χ0n) is 12.2. The number of rotatable bonds is 3. The summed E-state index contributed by atoms with van der Waals surface area (Å²) in [6, 6.07) is 9.64. The number of anilines is 1. The highest BCUT2D eigenvalue weighted by Gasteiger charge is 2.22. The lowest BCUT2D eigenvalue weighted by Gasteiger charge is -2.33. The van der Waals surface area contributed by atoms with Gasteiger partial charge in [-0.1, -0.05) is 18.3 Å². The summed E-state index contributed by atoms with van der Waals surface area (Å²) in [5.74, 6) is 0.899. The van der Waals surface area contributed by atoms with E-state index < -0.39 is 0 Å². The lowest BCUT2D eigenvalue weighted by atomic mass is 10.0. The van der Waals surface area contributed by atoms with Gasteiger partial charge in [0, 0.05) is 31.5 Å². The van der Waals surface area contributed by atoms with Crippen LogP contribution in [0, 0.1) is 4.64 Å². The molecule has 0 unspecified atom stereocenters. The number of aromatic amines is 1. The summed E-state index contributed by atoms with van der Waals surface area (Å²) >= 11 is 5.15. The van der Waals surface area contributed by atoms with Crippen molar-refractivity contribution in [2.24, 2.45) is 0 Å². The van der Waals surface area contributed by atoms with Crippen molar-refractivity contribution in [3.63, 3.8) is 0 Å². The van der Waals surface area contributed by atoms with Gasteiger partial charge in [-0.15, -0.1) is 0 Å². The summed E-state index contributed by atoms with van der Waals surface area (Å²) < 4.78 is 0.478. The lowest BCUT2D eigenvalue weighted by Crippen LogP contribution is -2.45. The van der Waals surface area contributed by atoms with Crippen molar-refractivity contribution in [2.45, 2.75) is 18.9 Å². The van der Waals surface area contributed by atoms with Gasteiger partial charge in [0.15, 0.2) is 0 Å². The molecule has 3 heterocycles. The predicted molar refractivity (Wildman–Crippen MR) is 88.6 cm³/mol. The molecule has 0 radical (unpaired) electrons. The van der Waals surface area contributed by atoms with Crippen molar-refractivity contribution >= 4 is 23.9 Å². The van der Waals surface area contributed by atoms with Crippen molar-refractivity contribution in [1.29, 1.82) is 0 Å². The van der Waals surface area contributed by atoms with Crippen LogP contribution in [0.25, 0.3) is 0 Å². The van der Waals surface area contributed by atoms with E-state index in [2.05, 4.69) is 20.2 Å². The average molecular weight is 314 g/mol. The van der Waals surface area contributed by atoms with E-state index in [4.69, 9.17) is 12.2 Å². The predicted octanol–water partition coefficient (Wildman–Crippen LogP) is 2.54. The van der Waals surface area contributed by atoms with Gasteiger partial charge < -0.3 is 15.2 Å². The molecule has 1 amide bonds. The number of hydrogen-bond donors (Lipinski definition) is 2. The molecule has 0 aromatic carbocycles. The Bertz CT molecular complexity index is 693. The van der Waals surface area contributed by atoms with Crippen LogP contribution >= 0.6 is 12.2 Å². The largest absolute Gasteiger partial charge is 0.356 e. The minimum Gasteiger partial charge on any atom is -0.356 e. The number of carbonyl (C=O) groups is 1. The fourth-order valence-corrected chi connectivity index (χ4v) is 2.89. The third kappa shape index (κ3) is 3.33. The van der Waals surface area contributed by atoms with E-state index in [1.807, 2.05) is 18.2 Å². The smallest absolute Gasteiger partial charge is 0.254 e. The molecule has 1 fully saturated rings.